The Morgan fingerprint density at radius 2 is 1.75 bits per heavy atom. The Bertz CT molecular complexity index is 1700. The van der Waals surface area contributed by atoms with E-state index in [-0.39, 0.29) is 28.5 Å². The molecule has 188 valence electrons. The Labute approximate surface area is 207 Å². The van der Waals surface area contributed by atoms with Gasteiger partial charge in [0.1, 0.15) is 11.6 Å². The molecule has 0 saturated heterocycles. The summed E-state index contributed by atoms with van der Waals surface area (Å²) in [6, 6.07) is 7.20. The van der Waals surface area contributed by atoms with Gasteiger partial charge in [0.2, 0.25) is 11.7 Å². The van der Waals surface area contributed by atoms with Crippen LogP contribution in [0.2, 0.25) is 0 Å². The third-order valence-electron chi connectivity index (χ3n) is 6.23. The van der Waals surface area contributed by atoms with E-state index in [1.165, 1.54) is 6.07 Å². The molecule has 0 spiro atoms. The fourth-order valence-corrected chi connectivity index (χ4v) is 4.63. The SMILES string of the molecule is Cc1nc(-c2cc3nc(C(C)(C)C)n(-c4cc(NC(C)C)c5c(c4)n(C)c(=O)n5C)c3cc2F)no1. The maximum absolute atomic E-state index is 15.4. The van der Waals surface area contributed by atoms with E-state index in [2.05, 4.69) is 36.2 Å². The van der Waals surface area contributed by atoms with Crippen molar-refractivity contribution in [3.05, 3.63) is 52.3 Å². The Morgan fingerprint density at radius 1 is 1.03 bits per heavy atom. The van der Waals surface area contributed by atoms with Crippen molar-refractivity contribution in [2.24, 2.45) is 14.1 Å². The van der Waals surface area contributed by atoms with Crippen molar-refractivity contribution in [2.75, 3.05) is 5.32 Å². The molecule has 1 N–H and O–H groups in total. The molecule has 0 radical (unpaired) electrons. The standard InChI is InChI=1S/C26H30FN7O2/c1-13(2)28-19-9-15(10-21-22(19)33(8)25(35)32(21)7)34-20-12-17(27)16(23-29-14(3)36-31-23)11-18(20)30-24(34)26(4,5)6/h9-13,28H,1-8H3. The smallest absolute Gasteiger partial charge is 0.328 e. The first kappa shape index (κ1) is 23.8. The third kappa shape index (κ3) is 3.68. The lowest BCUT2D eigenvalue weighted by molar-refractivity contribution is 0.394. The number of halogens is 1. The molecule has 0 unspecified atom stereocenters. The highest BCUT2D eigenvalue weighted by molar-refractivity contribution is 5.93. The van der Waals surface area contributed by atoms with E-state index in [4.69, 9.17) is 9.51 Å². The van der Waals surface area contributed by atoms with Crippen LogP contribution in [-0.4, -0.2) is 34.9 Å². The highest BCUT2D eigenvalue weighted by atomic mass is 19.1. The first-order chi connectivity index (χ1) is 16.9. The monoisotopic (exact) mass is 491 g/mol. The molecule has 5 rings (SSSR count). The summed E-state index contributed by atoms with van der Waals surface area (Å²) in [5.41, 5.74) is 4.14. The number of hydrogen-bond acceptors (Lipinski definition) is 6. The summed E-state index contributed by atoms with van der Waals surface area (Å²) in [5.74, 6) is 0.827. The van der Waals surface area contributed by atoms with Gasteiger partial charge >= 0.3 is 5.69 Å². The number of nitrogens with zero attached hydrogens (tertiary/aromatic N) is 6. The number of aryl methyl sites for hydroxylation is 3. The number of fused-ring (bicyclic) bond motifs is 2. The van der Waals surface area contributed by atoms with Crippen molar-refractivity contribution < 1.29 is 8.91 Å². The summed E-state index contributed by atoms with van der Waals surface area (Å²) in [6.45, 7) is 11.9. The van der Waals surface area contributed by atoms with Crippen molar-refractivity contribution in [1.29, 1.82) is 0 Å². The van der Waals surface area contributed by atoms with Crippen LogP contribution < -0.4 is 11.0 Å². The molecule has 2 aromatic carbocycles. The topological polar surface area (TPSA) is 95.7 Å². The van der Waals surface area contributed by atoms with E-state index in [1.807, 2.05) is 30.5 Å². The minimum atomic E-state index is -0.473. The van der Waals surface area contributed by atoms with Crippen molar-refractivity contribution in [2.45, 2.75) is 53.0 Å². The van der Waals surface area contributed by atoms with Gasteiger partial charge in [-0.3, -0.25) is 13.7 Å². The van der Waals surface area contributed by atoms with E-state index >= 15 is 4.39 Å². The van der Waals surface area contributed by atoms with Gasteiger partial charge in [0.05, 0.1) is 39.0 Å². The van der Waals surface area contributed by atoms with Crippen LogP contribution in [0, 0.1) is 12.7 Å². The van der Waals surface area contributed by atoms with Crippen LogP contribution in [-0.2, 0) is 19.5 Å². The van der Waals surface area contributed by atoms with Crippen LogP contribution >= 0.6 is 0 Å². The van der Waals surface area contributed by atoms with Crippen molar-refractivity contribution in [3.8, 4) is 17.1 Å². The number of anilines is 1. The molecule has 0 bridgehead atoms. The molecule has 10 heteroatoms. The lowest BCUT2D eigenvalue weighted by Gasteiger charge is -2.21. The van der Waals surface area contributed by atoms with Gasteiger partial charge in [-0.25, -0.2) is 14.2 Å². The second kappa shape index (κ2) is 8.04. The Balaban J connectivity index is 1.85. The molecule has 0 fully saturated rings. The molecular formula is C26H30FN7O2. The minimum absolute atomic E-state index is 0.119. The van der Waals surface area contributed by atoms with Gasteiger partial charge in [-0.05, 0) is 32.0 Å². The van der Waals surface area contributed by atoms with Gasteiger partial charge in [-0.1, -0.05) is 25.9 Å². The molecule has 0 aliphatic heterocycles. The minimum Gasteiger partial charge on any atom is -0.381 e. The van der Waals surface area contributed by atoms with Gasteiger partial charge in [-0.15, -0.1) is 0 Å². The molecule has 0 amide bonds. The lowest BCUT2D eigenvalue weighted by Crippen LogP contribution is -2.19. The van der Waals surface area contributed by atoms with Crippen molar-refractivity contribution >= 4 is 27.8 Å². The summed E-state index contributed by atoms with van der Waals surface area (Å²) in [5, 5.41) is 7.35. The predicted molar refractivity (Wildman–Crippen MR) is 138 cm³/mol. The zero-order chi connectivity index (χ0) is 26.1. The quantitative estimate of drug-likeness (QED) is 0.387. The normalized spacial score (nSPS) is 12.4. The van der Waals surface area contributed by atoms with Crippen molar-refractivity contribution in [3.63, 3.8) is 0 Å². The largest absolute Gasteiger partial charge is 0.381 e. The summed E-state index contributed by atoms with van der Waals surface area (Å²) >= 11 is 0. The number of aromatic nitrogens is 6. The molecule has 36 heavy (non-hydrogen) atoms. The first-order valence-electron chi connectivity index (χ1n) is 11.9. The van der Waals surface area contributed by atoms with Crippen LogP contribution in [0.4, 0.5) is 10.1 Å². The maximum Gasteiger partial charge on any atom is 0.328 e. The van der Waals surface area contributed by atoms with Crippen molar-refractivity contribution in [1.82, 2.24) is 28.8 Å². The Hall–Kier alpha value is -3.95. The lowest BCUT2D eigenvalue weighted by atomic mass is 9.95. The second-order valence-corrected chi connectivity index (χ2v) is 10.5. The summed E-state index contributed by atoms with van der Waals surface area (Å²) in [7, 11) is 3.52. The Kier molecular flexibility index (Phi) is 5.31. The van der Waals surface area contributed by atoms with Gasteiger partial charge in [0.25, 0.3) is 0 Å². The van der Waals surface area contributed by atoms with E-state index in [1.54, 1.807) is 36.2 Å². The molecule has 3 aromatic heterocycles. The number of benzene rings is 2. The van der Waals surface area contributed by atoms with Crippen LogP contribution in [0.15, 0.2) is 33.6 Å². The summed E-state index contributed by atoms with van der Waals surface area (Å²) < 4.78 is 25.7. The number of imidazole rings is 2. The Morgan fingerprint density at radius 3 is 2.36 bits per heavy atom. The van der Waals surface area contributed by atoms with Gasteiger partial charge in [0.15, 0.2) is 0 Å². The van der Waals surface area contributed by atoms with Gasteiger partial charge in [0, 0.05) is 38.5 Å². The zero-order valence-electron chi connectivity index (χ0n) is 21.8. The average molecular weight is 492 g/mol. The molecule has 0 atom stereocenters. The van der Waals surface area contributed by atoms with Crippen LogP contribution in [0.25, 0.3) is 39.1 Å². The molecular weight excluding hydrogens is 461 g/mol. The van der Waals surface area contributed by atoms with E-state index < -0.39 is 5.82 Å². The van der Waals surface area contributed by atoms with E-state index in [0.29, 0.717) is 16.9 Å². The van der Waals surface area contributed by atoms with E-state index in [0.717, 1.165) is 28.2 Å². The summed E-state index contributed by atoms with van der Waals surface area (Å²) in [6.07, 6.45) is 0. The first-order valence-corrected chi connectivity index (χ1v) is 11.9. The highest BCUT2D eigenvalue weighted by Gasteiger charge is 2.27. The fraction of sp³-hybridized carbons (Fsp3) is 0.385. The fourth-order valence-electron chi connectivity index (χ4n) is 4.63. The molecule has 0 aliphatic carbocycles. The second-order valence-electron chi connectivity index (χ2n) is 10.5. The molecule has 5 aromatic rings. The third-order valence-corrected chi connectivity index (χ3v) is 6.23. The number of hydrogen-bond donors (Lipinski definition) is 1. The molecule has 3 heterocycles. The summed E-state index contributed by atoms with van der Waals surface area (Å²) in [4.78, 5) is 21.9. The van der Waals surface area contributed by atoms with Gasteiger partial charge < -0.3 is 9.84 Å². The van der Waals surface area contributed by atoms with Crippen LogP contribution in [0.3, 0.4) is 0 Å². The maximum atomic E-state index is 15.4. The average Bonchev–Trinajstić information content (AvgIpc) is 3.44. The van der Waals surface area contributed by atoms with Crippen LogP contribution in [0.5, 0.6) is 0 Å². The van der Waals surface area contributed by atoms with Crippen LogP contribution in [0.1, 0.15) is 46.3 Å². The molecule has 9 nitrogen and oxygen atoms in total. The zero-order valence-corrected chi connectivity index (χ0v) is 21.8. The number of rotatable bonds is 4. The molecule has 0 aliphatic rings. The number of nitrogens with one attached hydrogen (secondary N) is 1. The molecule has 0 saturated carbocycles. The van der Waals surface area contributed by atoms with Gasteiger partial charge in [-0.2, -0.15) is 4.98 Å². The highest BCUT2D eigenvalue weighted by Crippen LogP contribution is 2.35. The van der Waals surface area contributed by atoms with E-state index in [9.17, 15) is 4.79 Å². The predicted octanol–water partition coefficient (Wildman–Crippen LogP) is 4.83.